The highest BCUT2D eigenvalue weighted by molar-refractivity contribution is 5.86. The van der Waals surface area contributed by atoms with Crippen molar-refractivity contribution in [3.05, 3.63) is 47.2 Å². The second-order valence-corrected chi connectivity index (χ2v) is 18.8. The van der Waals surface area contributed by atoms with Crippen molar-refractivity contribution in [3.8, 4) is 0 Å². The molecule has 1 amide bonds. The SMILES string of the molecule is C=CC(=O)NCC1OC2OC3C(CO)OC(OC(CCO)/C(O)=C(/O)C(O)OC4C(CO)OC(OC5C(CO)OC(OC(CCO)/C(O)=C(/O)C(O)OC(CCO)/C(O)=C(/O)C(O)OC1C(O)C2O)C(O)C5O)C(O)C4O)C(O)C3O. The van der Waals surface area contributed by atoms with Gasteiger partial charge in [0, 0.05) is 45.6 Å². The summed E-state index contributed by atoms with van der Waals surface area (Å²) in [5.74, 6) is -9.89. The molecule has 0 aromatic heterocycles. The van der Waals surface area contributed by atoms with E-state index < -0.39 is 266 Å². The van der Waals surface area contributed by atoms with Gasteiger partial charge in [0.25, 0.3) is 0 Å². The molecule has 4 saturated heterocycles. The summed E-state index contributed by atoms with van der Waals surface area (Å²) < 4.78 is 60.6. The van der Waals surface area contributed by atoms with Crippen LogP contribution in [0.3, 0.4) is 0 Å². The number of rotatable bonds is 12. The number of aliphatic hydroxyl groups excluding tert-OH is 23. The molecule has 11 aliphatic heterocycles. The van der Waals surface area contributed by atoms with Gasteiger partial charge in [-0.15, -0.1) is 0 Å². The van der Waals surface area contributed by atoms with Gasteiger partial charge in [-0.3, -0.25) is 4.79 Å². The fourth-order valence-corrected chi connectivity index (χ4v) is 8.94. The van der Waals surface area contributed by atoms with Crippen molar-refractivity contribution in [2.45, 2.75) is 179 Å². The van der Waals surface area contributed by atoms with E-state index in [1.807, 2.05) is 0 Å². The summed E-state index contributed by atoms with van der Waals surface area (Å²) in [7, 11) is 0. The van der Waals surface area contributed by atoms with E-state index in [-0.39, 0.29) is 0 Å². The monoisotopic (exact) mass is 1190 g/mol. The standard InChI is InChI=1S/C45H73NO35/c1-2-20(53)46-9-16-35-24(57)33(66)44(74-16)80-37-18(11-51)75-43(31(64)26(37)59)73-15(5-8-49)23(56)30(63)41(70)79-36-17(10-50)77-45(34(67)25(36)58)81-38-19(12-52)76-42(32(65)27(38)60)72-14(4-7-48)22(55)28(61)39(68)71-13(3-6-47)21(54)29(62)40(69)78-35/h2,13-19,24-27,31-45,47-52,54-70H,1,3-12H2,(H,46,53)/b28-22-,29-21-,30-23-. The van der Waals surface area contributed by atoms with Crippen LogP contribution in [0, 0.1) is 0 Å². The number of aliphatic hydroxyl groups is 23. The third-order valence-corrected chi connectivity index (χ3v) is 13.4. The predicted octanol–water partition coefficient (Wildman–Crippen LogP) is -10.2. The van der Waals surface area contributed by atoms with Gasteiger partial charge in [0.05, 0.1) is 19.8 Å². The Morgan fingerprint density at radius 2 is 0.642 bits per heavy atom. The molecule has 8 bridgehead atoms. The second-order valence-electron chi connectivity index (χ2n) is 18.8. The van der Waals surface area contributed by atoms with Gasteiger partial charge in [0.15, 0.2) is 59.7 Å². The van der Waals surface area contributed by atoms with E-state index in [1.54, 1.807) is 0 Å². The minimum atomic E-state index is -2.80. The van der Waals surface area contributed by atoms with Crippen molar-refractivity contribution in [1.82, 2.24) is 5.32 Å². The summed E-state index contributed by atoms with van der Waals surface area (Å²) in [6.07, 6.45) is -58.4. The largest absolute Gasteiger partial charge is 0.506 e. The molecule has 36 nitrogen and oxygen atoms in total. The zero-order chi connectivity index (χ0) is 60.3. The van der Waals surface area contributed by atoms with Gasteiger partial charge in [-0.1, -0.05) is 6.58 Å². The molecule has 81 heavy (non-hydrogen) atoms. The van der Waals surface area contributed by atoms with E-state index in [0.717, 1.165) is 6.08 Å². The van der Waals surface area contributed by atoms with Gasteiger partial charge in [-0.2, -0.15) is 0 Å². The fraction of sp³-hybridized carbons (Fsp3) is 0.800. The summed E-state index contributed by atoms with van der Waals surface area (Å²) in [4.78, 5) is 12.3. The maximum absolute atomic E-state index is 12.3. The molecule has 0 radical (unpaired) electrons. The number of hydrogen-bond donors (Lipinski definition) is 24. The average molecular weight is 1190 g/mol. The number of nitrogens with one attached hydrogen (secondary N) is 1. The second kappa shape index (κ2) is 30.8. The number of fused-ring (bicyclic) bond motifs is 1. The first kappa shape index (κ1) is 67.9. The lowest BCUT2D eigenvalue weighted by atomic mass is 9.96. The van der Waals surface area contributed by atoms with Crippen LogP contribution in [0.4, 0.5) is 0 Å². The van der Waals surface area contributed by atoms with Gasteiger partial charge >= 0.3 is 0 Å². The highest BCUT2D eigenvalue weighted by Gasteiger charge is 2.55. The summed E-state index contributed by atoms with van der Waals surface area (Å²) in [5.41, 5.74) is 0. The molecule has 0 spiro atoms. The van der Waals surface area contributed by atoms with Crippen LogP contribution in [0.1, 0.15) is 19.3 Å². The van der Waals surface area contributed by atoms with E-state index in [9.17, 15) is 122 Å². The minimum absolute atomic E-state index is 0.713. The Hall–Kier alpha value is -3.89. The van der Waals surface area contributed by atoms with Crippen molar-refractivity contribution >= 4 is 5.91 Å². The van der Waals surface area contributed by atoms with E-state index >= 15 is 0 Å². The summed E-state index contributed by atoms with van der Waals surface area (Å²) in [6, 6.07) is 0. The first-order chi connectivity index (χ1) is 38.3. The number of hydrogen-bond acceptors (Lipinski definition) is 35. The first-order valence-electron chi connectivity index (χ1n) is 24.9. The highest BCUT2D eigenvalue weighted by atomic mass is 16.8. The van der Waals surface area contributed by atoms with Crippen LogP contribution in [0.2, 0.25) is 0 Å². The van der Waals surface area contributed by atoms with Crippen LogP contribution in [0.5, 0.6) is 0 Å². The third kappa shape index (κ3) is 15.9. The Morgan fingerprint density at radius 1 is 0.370 bits per heavy atom. The highest BCUT2D eigenvalue weighted by Crippen LogP contribution is 2.36. The maximum Gasteiger partial charge on any atom is 0.243 e. The molecule has 36 heteroatoms. The Bertz CT molecular complexity index is 2080. The third-order valence-electron chi connectivity index (χ3n) is 13.4. The van der Waals surface area contributed by atoms with Gasteiger partial charge in [-0.25, -0.2) is 0 Å². The molecule has 0 saturated carbocycles. The molecular formula is C45H73NO35. The van der Waals surface area contributed by atoms with Crippen molar-refractivity contribution in [2.75, 3.05) is 46.2 Å². The van der Waals surface area contributed by atoms with E-state index in [1.165, 1.54) is 0 Å². The smallest absolute Gasteiger partial charge is 0.243 e. The van der Waals surface area contributed by atoms with Crippen LogP contribution < -0.4 is 5.32 Å². The van der Waals surface area contributed by atoms with Crippen LogP contribution in [-0.4, -0.2) is 330 Å². The van der Waals surface area contributed by atoms with Crippen LogP contribution in [0.25, 0.3) is 0 Å². The predicted molar refractivity (Wildman–Crippen MR) is 251 cm³/mol. The van der Waals surface area contributed by atoms with E-state index in [4.69, 9.17) is 52.1 Å². The molecule has 11 aliphatic rings. The normalized spacial score (nSPS) is 46.0. The summed E-state index contributed by atoms with van der Waals surface area (Å²) in [6.45, 7) is -3.57. The lowest BCUT2D eigenvalue weighted by Gasteiger charge is -2.47. The van der Waals surface area contributed by atoms with Crippen molar-refractivity contribution in [3.63, 3.8) is 0 Å². The number of ether oxygens (including phenoxy) is 11. The molecule has 4 fully saturated rings. The minimum Gasteiger partial charge on any atom is -0.506 e. The molecule has 11 rings (SSSR count). The van der Waals surface area contributed by atoms with Crippen molar-refractivity contribution in [1.29, 1.82) is 0 Å². The number of carbonyl (C=O) groups excluding carboxylic acids is 1. The zero-order valence-electron chi connectivity index (χ0n) is 42.6. The molecule has 0 aliphatic carbocycles. The molecule has 26 atom stereocenters. The van der Waals surface area contributed by atoms with Crippen LogP contribution in [0.15, 0.2) is 47.2 Å². The van der Waals surface area contributed by atoms with Gasteiger partial charge in [0.1, 0.15) is 116 Å². The van der Waals surface area contributed by atoms with Gasteiger partial charge in [-0.05, 0) is 6.08 Å². The van der Waals surface area contributed by atoms with Gasteiger partial charge < -0.3 is 175 Å². The lowest BCUT2D eigenvalue weighted by molar-refractivity contribution is -0.368. The average Bonchev–Trinajstić information content (AvgIpc) is 3.45. The van der Waals surface area contributed by atoms with Crippen molar-refractivity contribution < 1.29 is 174 Å². The van der Waals surface area contributed by atoms with Crippen molar-refractivity contribution in [2.24, 2.45) is 0 Å². The molecule has 26 unspecified atom stereocenters. The van der Waals surface area contributed by atoms with Crippen LogP contribution >= 0.6 is 0 Å². The molecule has 11 heterocycles. The van der Waals surface area contributed by atoms with Crippen LogP contribution in [-0.2, 0) is 56.9 Å². The molecule has 0 aromatic carbocycles. The topological polar surface area (TPSA) is 596 Å². The van der Waals surface area contributed by atoms with E-state index in [2.05, 4.69) is 11.9 Å². The molecular weight excluding hydrogens is 1110 g/mol. The summed E-state index contributed by atoms with van der Waals surface area (Å²) in [5, 5.41) is 251. The Kier molecular flexibility index (Phi) is 25.8. The Morgan fingerprint density at radius 3 is 0.951 bits per heavy atom. The quantitative estimate of drug-likeness (QED) is 0.0807. The number of amides is 1. The molecule has 24 N–H and O–H groups in total. The zero-order valence-corrected chi connectivity index (χ0v) is 42.6. The number of carbonyl (C=O) groups is 1. The van der Waals surface area contributed by atoms with Gasteiger partial charge in [0.2, 0.25) is 24.8 Å². The molecule has 468 valence electrons. The lowest BCUT2D eigenvalue weighted by Crippen LogP contribution is -2.66. The Balaban J connectivity index is 1.56. The fourth-order valence-electron chi connectivity index (χ4n) is 8.94. The summed E-state index contributed by atoms with van der Waals surface area (Å²) >= 11 is 0. The first-order valence-corrected chi connectivity index (χ1v) is 24.9. The molecule has 0 aromatic rings. The Labute approximate surface area is 457 Å². The van der Waals surface area contributed by atoms with E-state index in [0.29, 0.717) is 0 Å². The maximum atomic E-state index is 12.3.